The Balaban J connectivity index is 3.04. The van der Waals surface area contributed by atoms with Crippen molar-refractivity contribution < 1.29 is 9.31 Å². The quantitative estimate of drug-likeness (QED) is 0.597. The molecule has 0 radical (unpaired) electrons. The van der Waals surface area contributed by atoms with Gasteiger partial charge in [0, 0.05) is 12.6 Å². The number of alkyl halides is 1. The van der Waals surface area contributed by atoms with Gasteiger partial charge in [-0.2, -0.15) is 0 Å². The molecular weight excluding hydrogens is 201 g/mol. The summed E-state index contributed by atoms with van der Waals surface area (Å²) in [6, 6.07) is 2.79. The maximum Gasteiger partial charge on any atom is 0.311 e. The van der Waals surface area contributed by atoms with Gasteiger partial charge in [-0.3, -0.25) is 10.1 Å². The highest BCUT2D eigenvalue weighted by Crippen LogP contribution is 2.22. The van der Waals surface area contributed by atoms with Crippen molar-refractivity contribution in [3.63, 3.8) is 0 Å². The van der Waals surface area contributed by atoms with E-state index >= 15 is 0 Å². The van der Waals surface area contributed by atoms with Gasteiger partial charge in [0.05, 0.1) is 10.6 Å². The summed E-state index contributed by atoms with van der Waals surface area (Å²) in [6.45, 7) is 2.87. The minimum absolute atomic E-state index is 0.00552. The molecule has 5 nitrogen and oxygen atoms in total. The molecule has 0 bridgehead atoms. The Morgan fingerprint density at radius 1 is 1.67 bits per heavy atom. The Morgan fingerprint density at radius 3 is 2.93 bits per heavy atom. The average Bonchev–Trinajstić information content (AvgIpc) is 2.25. The first-order valence-electron chi connectivity index (χ1n) is 4.26. The molecule has 0 aliphatic carbocycles. The van der Waals surface area contributed by atoms with E-state index in [1.807, 2.05) is 0 Å². The first-order chi connectivity index (χ1) is 7.19. The van der Waals surface area contributed by atoms with Crippen molar-refractivity contribution in [2.45, 2.75) is 0 Å². The second-order valence-corrected chi connectivity index (χ2v) is 2.68. The first kappa shape index (κ1) is 11.1. The third kappa shape index (κ3) is 2.73. The lowest BCUT2D eigenvalue weighted by Gasteiger charge is -2.04. The monoisotopic (exact) mass is 211 g/mol. The van der Waals surface area contributed by atoms with Crippen molar-refractivity contribution in [3.05, 3.63) is 34.5 Å². The fourth-order valence-corrected chi connectivity index (χ4v) is 1.02. The highest BCUT2D eigenvalue weighted by molar-refractivity contribution is 5.59. The van der Waals surface area contributed by atoms with Crippen LogP contribution in [0.2, 0.25) is 0 Å². The van der Waals surface area contributed by atoms with Gasteiger partial charge in [0.25, 0.3) is 0 Å². The molecule has 80 valence electrons. The topological polar surface area (TPSA) is 68.1 Å². The van der Waals surface area contributed by atoms with Crippen LogP contribution in [0.4, 0.5) is 15.9 Å². The number of rotatable bonds is 5. The third-order valence-corrected chi connectivity index (χ3v) is 1.69. The van der Waals surface area contributed by atoms with Crippen LogP contribution < -0.4 is 5.32 Å². The maximum atomic E-state index is 11.9. The number of nitrogens with zero attached hydrogens (tertiary/aromatic N) is 2. The maximum absolute atomic E-state index is 11.9. The molecule has 1 heterocycles. The molecule has 0 saturated heterocycles. The van der Waals surface area contributed by atoms with Crippen molar-refractivity contribution in [1.82, 2.24) is 4.98 Å². The van der Waals surface area contributed by atoms with Gasteiger partial charge in [-0.15, -0.1) is 0 Å². The SMILES string of the molecule is C=Cc1ccc([N+](=O)[O-])c(NCCF)n1. The molecular formula is C9H10FN3O2. The molecule has 1 rings (SSSR count). The second kappa shape index (κ2) is 5.04. The number of nitro groups is 1. The van der Waals surface area contributed by atoms with Crippen molar-refractivity contribution >= 4 is 17.6 Å². The van der Waals surface area contributed by atoms with Crippen LogP contribution in [-0.4, -0.2) is 23.1 Å². The van der Waals surface area contributed by atoms with E-state index in [0.29, 0.717) is 5.69 Å². The van der Waals surface area contributed by atoms with Gasteiger partial charge in [-0.05, 0) is 12.1 Å². The average molecular weight is 211 g/mol. The number of halogens is 1. The zero-order valence-electron chi connectivity index (χ0n) is 7.94. The Kier molecular flexibility index (Phi) is 3.73. The lowest BCUT2D eigenvalue weighted by atomic mass is 10.3. The fraction of sp³-hybridized carbons (Fsp3) is 0.222. The van der Waals surface area contributed by atoms with Gasteiger partial charge >= 0.3 is 5.69 Å². The number of nitrogens with one attached hydrogen (secondary N) is 1. The van der Waals surface area contributed by atoms with Crippen LogP contribution in [-0.2, 0) is 0 Å². The van der Waals surface area contributed by atoms with Crippen LogP contribution in [0.25, 0.3) is 6.08 Å². The van der Waals surface area contributed by atoms with E-state index in [1.54, 1.807) is 0 Å². The molecule has 0 spiro atoms. The summed E-state index contributed by atoms with van der Waals surface area (Å²) in [6.07, 6.45) is 1.46. The highest BCUT2D eigenvalue weighted by atomic mass is 19.1. The minimum atomic E-state index is -0.614. The van der Waals surface area contributed by atoms with Crippen LogP contribution in [0.3, 0.4) is 0 Å². The summed E-state index contributed by atoms with van der Waals surface area (Å²) >= 11 is 0. The molecule has 6 heteroatoms. The predicted molar refractivity (Wildman–Crippen MR) is 55.4 cm³/mol. The van der Waals surface area contributed by atoms with Gasteiger partial charge in [0.2, 0.25) is 5.82 Å². The van der Waals surface area contributed by atoms with Gasteiger partial charge in [0.1, 0.15) is 6.67 Å². The lowest BCUT2D eigenvalue weighted by Crippen LogP contribution is -2.07. The van der Waals surface area contributed by atoms with E-state index in [9.17, 15) is 14.5 Å². The summed E-state index contributed by atoms with van der Waals surface area (Å²) in [7, 11) is 0. The summed E-state index contributed by atoms with van der Waals surface area (Å²) in [5, 5.41) is 13.1. The van der Waals surface area contributed by atoms with Gasteiger partial charge in [0.15, 0.2) is 0 Å². The zero-order valence-corrected chi connectivity index (χ0v) is 7.94. The Hall–Kier alpha value is -1.98. The van der Waals surface area contributed by atoms with Crippen molar-refractivity contribution in [1.29, 1.82) is 0 Å². The van der Waals surface area contributed by atoms with E-state index in [0.717, 1.165) is 0 Å². The van der Waals surface area contributed by atoms with Gasteiger partial charge in [-0.1, -0.05) is 6.58 Å². The van der Waals surface area contributed by atoms with E-state index in [-0.39, 0.29) is 18.1 Å². The molecule has 0 saturated carbocycles. The van der Waals surface area contributed by atoms with Crippen LogP contribution in [0.15, 0.2) is 18.7 Å². The van der Waals surface area contributed by atoms with Crippen molar-refractivity contribution in [2.24, 2.45) is 0 Å². The third-order valence-electron chi connectivity index (χ3n) is 1.69. The first-order valence-corrected chi connectivity index (χ1v) is 4.26. The van der Waals surface area contributed by atoms with Crippen LogP contribution >= 0.6 is 0 Å². The molecule has 0 amide bonds. The number of hydrogen-bond donors (Lipinski definition) is 1. The van der Waals surface area contributed by atoms with Crippen LogP contribution in [0, 0.1) is 10.1 Å². The van der Waals surface area contributed by atoms with Crippen molar-refractivity contribution in [2.75, 3.05) is 18.5 Å². The molecule has 1 N–H and O–H groups in total. The van der Waals surface area contributed by atoms with E-state index < -0.39 is 11.6 Å². The second-order valence-electron chi connectivity index (χ2n) is 2.68. The summed E-state index contributed by atoms with van der Waals surface area (Å²) in [4.78, 5) is 13.9. The van der Waals surface area contributed by atoms with E-state index in [4.69, 9.17) is 0 Å². The highest BCUT2D eigenvalue weighted by Gasteiger charge is 2.14. The smallest absolute Gasteiger partial charge is 0.311 e. The molecule has 1 aromatic heterocycles. The Bertz CT molecular complexity index is 382. The summed E-state index contributed by atoms with van der Waals surface area (Å²) in [5.74, 6) is 0.0649. The summed E-state index contributed by atoms with van der Waals surface area (Å²) < 4.78 is 11.9. The molecule has 0 aliphatic heterocycles. The molecule has 0 aliphatic rings. The fourth-order valence-electron chi connectivity index (χ4n) is 1.02. The number of aromatic nitrogens is 1. The largest absolute Gasteiger partial charge is 0.362 e. The lowest BCUT2D eigenvalue weighted by molar-refractivity contribution is -0.384. The Morgan fingerprint density at radius 2 is 2.40 bits per heavy atom. The van der Waals surface area contributed by atoms with Crippen LogP contribution in [0.1, 0.15) is 5.69 Å². The van der Waals surface area contributed by atoms with Gasteiger partial charge < -0.3 is 5.32 Å². The van der Waals surface area contributed by atoms with Crippen molar-refractivity contribution in [3.8, 4) is 0 Å². The normalized spacial score (nSPS) is 9.67. The molecule has 1 aromatic rings. The minimum Gasteiger partial charge on any atom is -0.362 e. The Labute approximate surface area is 85.8 Å². The number of anilines is 1. The van der Waals surface area contributed by atoms with Gasteiger partial charge in [-0.25, -0.2) is 9.37 Å². The number of pyridine rings is 1. The molecule has 0 aromatic carbocycles. The molecule has 0 fully saturated rings. The van der Waals surface area contributed by atoms with E-state index in [2.05, 4.69) is 16.9 Å². The van der Waals surface area contributed by atoms with E-state index in [1.165, 1.54) is 18.2 Å². The standard InChI is InChI=1S/C9H10FN3O2/c1-2-7-3-4-8(13(14)15)9(12-7)11-6-5-10/h2-4H,1,5-6H2,(H,11,12). The zero-order chi connectivity index (χ0) is 11.3. The van der Waals surface area contributed by atoms with Crippen LogP contribution in [0.5, 0.6) is 0 Å². The molecule has 0 unspecified atom stereocenters. The summed E-state index contributed by atoms with van der Waals surface area (Å²) in [5.41, 5.74) is 0.330. The molecule has 0 atom stereocenters. The number of hydrogen-bond acceptors (Lipinski definition) is 4. The molecule has 15 heavy (non-hydrogen) atoms. The predicted octanol–water partition coefficient (Wildman–Crippen LogP) is 2.01.